The minimum absolute atomic E-state index is 0.0787. The normalized spacial score (nSPS) is 12.2. The fraction of sp³-hybridized carbons (Fsp3) is 0.267. The van der Waals surface area contributed by atoms with Crippen molar-refractivity contribution in [2.45, 2.75) is 26.8 Å². The lowest BCUT2D eigenvalue weighted by Gasteiger charge is -2.15. The first-order valence-electron chi connectivity index (χ1n) is 6.25. The molecule has 1 atom stereocenters. The molecular formula is C15H16BrNO3. The Morgan fingerprint density at radius 2 is 2.05 bits per heavy atom. The molecule has 4 nitrogen and oxygen atoms in total. The van der Waals surface area contributed by atoms with E-state index in [4.69, 9.17) is 9.52 Å². The highest BCUT2D eigenvalue weighted by Gasteiger charge is 2.14. The van der Waals surface area contributed by atoms with E-state index in [2.05, 4.69) is 21.2 Å². The SMILES string of the molecule is Cc1cc(C(C)Nc2ccc(C(=O)O)c(Br)c2)c(C)o1. The second kappa shape index (κ2) is 5.71. The van der Waals surface area contributed by atoms with Crippen LogP contribution >= 0.6 is 15.9 Å². The molecule has 0 saturated carbocycles. The standard InChI is InChI=1S/C15H16BrNO3/c1-8-6-13(10(3)20-8)9(2)17-11-4-5-12(15(18)19)14(16)7-11/h4-7,9,17H,1-3H3,(H,18,19). The first-order chi connectivity index (χ1) is 9.38. The molecule has 0 aliphatic heterocycles. The number of halogens is 1. The van der Waals surface area contributed by atoms with Crippen LogP contribution < -0.4 is 5.32 Å². The van der Waals surface area contributed by atoms with E-state index in [0.717, 1.165) is 22.8 Å². The lowest BCUT2D eigenvalue weighted by molar-refractivity contribution is 0.0696. The van der Waals surface area contributed by atoms with Gasteiger partial charge < -0.3 is 14.8 Å². The van der Waals surface area contributed by atoms with Crippen molar-refractivity contribution in [2.75, 3.05) is 5.32 Å². The molecular weight excluding hydrogens is 322 g/mol. The van der Waals surface area contributed by atoms with Crippen molar-refractivity contribution in [1.82, 2.24) is 0 Å². The molecule has 0 amide bonds. The Morgan fingerprint density at radius 1 is 1.35 bits per heavy atom. The lowest BCUT2D eigenvalue weighted by atomic mass is 10.1. The van der Waals surface area contributed by atoms with Crippen LogP contribution in [0.1, 0.15) is 40.4 Å². The van der Waals surface area contributed by atoms with Crippen molar-refractivity contribution in [3.05, 3.63) is 51.4 Å². The van der Waals surface area contributed by atoms with Gasteiger partial charge in [0.2, 0.25) is 0 Å². The van der Waals surface area contributed by atoms with E-state index in [9.17, 15) is 4.79 Å². The number of carbonyl (C=O) groups is 1. The van der Waals surface area contributed by atoms with Gasteiger partial charge in [-0.25, -0.2) is 4.79 Å². The van der Waals surface area contributed by atoms with E-state index >= 15 is 0 Å². The zero-order chi connectivity index (χ0) is 14.9. The predicted octanol–water partition coefficient (Wildman–Crippen LogP) is 4.53. The van der Waals surface area contributed by atoms with Crippen molar-refractivity contribution in [3.8, 4) is 0 Å². The van der Waals surface area contributed by atoms with Crippen LogP contribution in [0.25, 0.3) is 0 Å². The van der Waals surface area contributed by atoms with E-state index < -0.39 is 5.97 Å². The zero-order valence-electron chi connectivity index (χ0n) is 11.5. The number of nitrogens with one attached hydrogen (secondary N) is 1. The quantitative estimate of drug-likeness (QED) is 0.860. The van der Waals surface area contributed by atoms with Crippen LogP contribution in [0.2, 0.25) is 0 Å². The van der Waals surface area contributed by atoms with E-state index in [0.29, 0.717) is 4.47 Å². The molecule has 106 valence electrons. The Bertz CT molecular complexity index is 649. The van der Waals surface area contributed by atoms with Gasteiger partial charge in [-0.15, -0.1) is 0 Å². The molecule has 5 heteroatoms. The first-order valence-corrected chi connectivity index (χ1v) is 7.04. The van der Waals surface area contributed by atoms with Gasteiger partial charge in [0.15, 0.2) is 0 Å². The Hall–Kier alpha value is -1.75. The van der Waals surface area contributed by atoms with Crippen LogP contribution in [0.15, 0.2) is 33.2 Å². The van der Waals surface area contributed by atoms with Gasteiger partial charge in [0.1, 0.15) is 11.5 Å². The van der Waals surface area contributed by atoms with Gasteiger partial charge in [0.05, 0.1) is 11.6 Å². The molecule has 0 spiro atoms. The minimum atomic E-state index is -0.947. The summed E-state index contributed by atoms with van der Waals surface area (Å²) in [4.78, 5) is 11.0. The average Bonchev–Trinajstić information content (AvgIpc) is 2.68. The Balaban J connectivity index is 2.20. The van der Waals surface area contributed by atoms with Crippen LogP contribution in [0.4, 0.5) is 5.69 Å². The number of hydrogen-bond donors (Lipinski definition) is 2. The number of carboxylic acid groups (broad SMARTS) is 1. The average molecular weight is 338 g/mol. The molecule has 0 saturated heterocycles. The maximum absolute atomic E-state index is 11.0. The second-order valence-electron chi connectivity index (χ2n) is 4.73. The molecule has 2 rings (SSSR count). The van der Waals surface area contributed by atoms with Crippen molar-refractivity contribution in [1.29, 1.82) is 0 Å². The van der Waals surface area contributed by atoms with Crippen LogP contribution in [-0.4, -0.2) is 11.1 Å². The molecule has 0 aliphatic carbocycles. The van der Waals surface area contributed by atoms with E-state index in [-0.39, 0.29) is 11.6 Å². The Morgan fingerprint density at radius 3 is 2.55 bits per heavy atom. The third-order valence-corrected chi connectivity index (χ3v) is 3.78. The zero-order valence-corrected chi connectivity index (χ0v) is 13.1. The van der Waals surface area contributed by atoms with Crippen molar-refractivity contribution < 1.29 is 14.3 Å². The topological polar surface area (TPSA) is 62.5 Å². The smallest absolute Gasteiger partial charge is 0.336 e. The number of rotatable bonds is 4. The van der Waals surface area contributed by atoms with E-state index in [1.807, 2.05) is 26.8 Å². The van der Waals surface area contributed by atoms with Gasteiger partial charge in [0, 0.05) is 15.7 Å². The highest BCUT2D eigenvalue weighted by Crippen LogP contribution is 2.27. The van der Waals surface area contributed by atoms with Crippen LogP contribution in [-0.2, 0) is 0 Å². The van der Waals surface area contributed by atoms with Gasteiger partial charge in [0.25, 0.3) is 0 Å². The largest absolute Gasteiger partial charge is 0.478 e. The summed E-state index contributed by atoms with van der Waals surface area (Å²) in [5.41, 5.74) is 2.20. The van der Waals surface area contributed by atoms with Gasteiger partial charge in [-0.2, -0.15) is 0 Å². The summed E-state index contributed by atoms with van der Waals surface area (Å²) in [6.07, 6.45) is 0. The minimum Gasteiger partial charge on any atom is -0.478 e. The maximum atomic E-state index is 11.0. The Kier molecular flexibility index (Phi) is 4.18. The highest BCUT2D eigenvalue weighted by atomic mass is 79.9. The van der Waals surface area contributed by atoms with Gasteiger partial charge in [-0.3, -0.25) is 0 Å². The molecule has 1 heterocycles. The molecule has 1 aromatic heterocycles. The molecule has 0 aliphatic rings. The fourth-order valence-electron chi connectivity index (χ4n) is 2.19. The molecule has 2 aromatic rings. The summed E-state index contributed by atoms with van der Waals surface area (Å²) < 4.78 is 6.08. The van der Waals surface area contributed by atoms with Gasteiger partial charge in [-0.05, 0) is 61.0 Å². The third-order valence-electron chi connectivity index (χ3n) is 3.13. The molecule has 2 N–H and O–H groups in total. The number of furan rings is 1. The summed E-state index contributed by atoms with van der Waals surface area (Å²) in [6.45, 7) is 5.89. The number of carboxylic acids is 1. The second-order valence-corrected chi connectivity index (χ2v) is 5.59. The number of benzene rings is 1. The summed E-state index contributed by atoms with van der Waals surface area (Å²) in [7, 11) is 0. The van der Waals surface area contributed by atoms with E-state index in [1.54, 1.807) is 18.2 Å². The van der Waals surface area contributed by atoms with Crippen LogP contribution in [0.5, 0.6) is 0 Å². The molecule has 1 aromatic carbocycles. The monoisotopic (exact) mass is 337 g/mol. The number of aryl methyl sites for hydroxylation is 2. The van der Waals surface area contributed by atoms with Crippen molar-refractivity contribution in [2.24, 2.45) is 0 Å². The predicted molar refractivity (Wildman–Crippen MR) is 81.3 cm³/mol. The molecule has 0 bridgehead atoms. The molecule has 0 radical (unpaired) electrons. The fourth-order valence-corrected chi connectivity index (χ4v) is 2.73. The number of anilines is 1. The molecule has 20 heavy (non-hydrogen) atoms. The summed E-state index contributed by atoms with van der Waals surface area (Å²) in [5, 5.41) is 12.3. The summed E-state index contributed by atoms with van der Waals surface area (Å²) in [6, 6.07) is 7.19. The molecule has 0 fully saturated rings. The van der Waals surface area contributed by atoms with Gasteiger partial charge in [-0.1, -0.05) is 0 Å². The van der Waals surface area contributed by atoms with E-state index in [1.165, 1.54) is 0 Å². The van der Waals surface area contributed by atoms with Gasteiger partial charge >= 0.3 is 5.97 Å². The van der Waals surface area contributed by atoms with Crippen molar-refractivity contribution in [3.63, 3.8) is 0 Å². The summed E-state index contributed by atoms with van der Waals surface area (Å²) in [5.74, 6) is 0.829. The first kappa shape index (κ1) is 14.7. The van der Waals surface area contributed by atoms with Crippen molar-refractivity contribution >= 4 is 27.6 Å². The van der Waals surface area contributed by atoms with Crippen LogP contribution in [0, 0.1) is 13.8 Å². The van der Waals surface area contributed by atoms with Crippen LogP contribution in [0.3, 0.4) is 0 Å². The maximum Gasteiger partial charge on any atom is 0.336 e. The highest BCUT2D eigenvalue weighted by molar-refractivity contribution is 9.10. The Labute approximate surface area is 125 Å². The summed E-state index contributed by atoms with van der Waals surface area (Å²) >= 11 is 3.27. The number of aromatic carboxylic acids is 1. The molecule has 1 unspecified atom stereocenters. The lowest BCUT2D eigenvalue weighted by Crippen LogP contribution is -2.07. The number of hydrogen-bond acceptors (Lipinski definition) is 3. The third kappa shape index (κ3) is 3.04.